The number of hydrogen-bond donors (Lipinski definition) is 0. The van der Waals surface area contributed by atoms with Gasteiger partial charge in [0.15, 0.2) is 0 Å². The van der Waals surface area contributed by atoms with E-state index in [2.05, 4.69) is 23.9 Å². The van der Waals surface area contributed by atoms with Crippen molar-refractivity contribution in [2.75, 3.05) is 27.2 Å². The lowest BCUT2D eigenvalue weighted by molar-refractivity contribution is 0.176. The highest BCUT2D eigenvalue weighted by molar-refractivity contribution is 5.03. The third-order valence-corrected chi connectivity index (χ3v) is 2.66. The zero-order chi connectivity index (χ0) is 6.43. The van der Waals surface area contributed by atoms with Gasteiger partial charge in [0.05, 0.1) is 0 Å². The molecule has 0 spiro atoms. The normalized spacial score (nSPS) is 44.7. The summed E-state index contributed by atoms with van der Waals surface area (Å²) in [5, 5.41) is 0. The van der Waals surface area contributed by atoms with Crippen molar-refractivity contribution in [1.29, 1.82) is 0 Å². The number of fused-ring (bicyclic) bond motifs is 1. The Kier molecular flexibility index (Phi) is 1.08. The number of rotatable bonds is 0. The molecule has 2 heteroatoms. The van der Waals surface area contributed by atoms with Gasteiger partial charge in [-0.15, -0.1) is 0 Å². The lowest BCUT2D eigenvalue weighted by atomic mass is 10.4. The van der Waals surface area contributed by atoms with Crippen LogP contribution in [0, 0.1) is 0 Å². The van der Waals surface area contributed by atoms with Crippen molar-refractivity contribution in [3.63, 3.8) is 0 Å². The second kappa shape index (κ2) is 1.70. The van der Waals surface area contributed by atoms with E-state index in [1.807, 2.05) is 0 Å². The minimum Gasteiger partial charge on any atom is -0.301 e. The maximum atomic E-state index is 2.48. The van der Waals surface area contributed by atoms with Crippen LogP contribution in [0.25, 0.3) is 0 Å². The van der Waals surface area contributed by atoms with E-state index < -0.39 is 0 Å². The lowest BCUT2D eigenvalue weighted by Crippen LogP contribution is -2.42. The average Bonchev–Trinajstić information content (AvgIpc) is 2.57. The van der Waals surface area contributed by atoms with E-state index in [0.29, 0.717) is 0 Å². The Bertz CT molecular complexity index is 110. The number of piperazine rings is 1. The SMILES string of the molecule is CN1CCN(C)[C@H]2C[C@H]21. The molecular formula is C7H14N2. The quantitative estimate of drug-likeness (QED) is 0.451. The van der Waals surface area contributed by atoms with E-state index in [0.717, 1.165) is 12.1 Å². The maximum Gasteiger partial charge on any atom is 0.0265 e. The molecular weight excluding hydrogens is 112 g/mol. The van der Waals surface area contributed by atoms with E-state index in [1.165, 1.54) is 19.5 Å². The molecule has 0 aromatic carbocycles. The predicted octanol–water partition coefficient (Wildman–Crippen LogP) is 0.00450. The molecule has 0 aromatic rings. The van der Waals surface area contributed by atoms with Gasteiger partial charge in [0.2, 0.25) is 0 Å². The van der Waals surface area contributed by atoms with Crippen LogP contribution in [-0.4, -0.2) is 49.1 Å². The molecule has 1 aliphatic heterocycles. The molecule has 2 atom stereocenters. The summed E-state index contributed by atoms with van der Waals surface area (Å²) in [6.07, 6.45) is 1.41. The van der Waals surface area contributed by atoms with Gasteiger partial charge in [0.25, 0.3) is 0 Å². The smallest absolute Gasteiger partial charge is 0.0265 e. The van der Waals surface area contributed by atoms with E-state index in [1.54, 1.807) is 0 Å². The van der Waals surface area contributed by atoms with Gasteiger partial charge in [-0.3, -0.25) is 0 Å². The molecule has 2 fully saturated rings. The molecule has 0 amide bonds. The zero-order valence-corrected chi connectivity index (χ0v) is 6.17. The van der Waals surface area contributed by atoms with Crippen LogP contribution in [-0.2, 0) is 0 Å². The van der Waals surface area contributed by atoms with E-state index >= 15 is 0 Å². The first-order chi connectivity index (χ1) is 4.29. The van der Waals surface area contributed by atoms with Crippen LogP contribution >= 0.6 is 0 Å². The van der Waals surface area contributed by atoms with Crippen molar-refractivity contribution in [2.45, 2.75) is 18.5 Å². The minimum absolute atomic E-state index is 0.906. The summed E-state index contributed by atoms with van der Waals surface area (Å²) in [5.74, 6) is 0. The van der Waals surface area contributed by atoms with Crippen LogP contribution in [0.15, 0.2) is 0 Å². The Balaban J connectivity index is 2.01. The summed E-state index contributed by atoms with van der Waals surface area (Å²) in [6, 6.07) is 1.81. The van der Waals surface area contributed by atoms with E-state index in [-0.39, 0.29) is 0 Å². The summed E-state index contributed by atoms with van der Waals surface area (Å²) in [6.45, 7) is 2.52. The van der Waals surface area contributed by atoms with Crippen molar-refractivity contribution in [3.8, 4) is 0 Å². The molecule has 0 unspecified atom stereocenters. The van der Waals surface area contributed by atoms with Crippen molar-refractivity contribution < 1.29 is 0 Å². The third kappa shape index (κ3) is 0.775. The van der Waals surface area contributed by atoms with Gasteiger partial charge in [-0.25, -0.2) is 0 Å². The fourth-order valence-corrected chi connectivity index (χ4v) is 1.76. The van der Waals surface area contributed by atoms with E-state index in [4.69, 9.17) is 0 Å². The first kappa shape index (κ1) is 5.69. The van der Waals surface area contributed by atoms with Gasteiger partial charge in [-0.1, -0.05) is 0 Å². The second-order valence-electron chi connectivity index (χ2n) is 3.33. The topological polar surface area (TPSA) is 6.48 Å². The Hall–Kier alpha value is -0.0800. The van der Waals surface area contributed by atoms with E-state index in [9.17, 15) is 0 Å². The van der Waals surface area contributed by atoms with Gasteiger partial charge >= 0.3 is 0 Å². The zero-order valence-electron chi connectivity index (χ0n) is 6.17. The molecule has 0 N–H and O–H groups in total. The van der Waals surface area contributed by atoms with Gasteiger partial charge < -0.3 is 9.80 Å². The summed E-state index contributed by atoms with van der Waals surface area (Å²) >= 11 is 0. The highest BCUT2D eigenvalue weighted by Gasteiger charge is 2.45. The number of hydrogen-bond acceptors (Lipinski definition) is 2. The van der Waals surface area contributed by atoms with Crippen LogP contribution < -0.4 is 0 Å². The molecule has 9 heavy (non-hydrogen) atoms. The second-order valence-corrected chi connectivity index (χ2v) is 3.33. The Labute approximate surface area is 56.4 Å². The molecule has 2 aliphatic rings. The van der Waals surface area contributed by atoms with Crippen LogP contribution in [0.2, 0.25) is 0 Å². The minimum atomic E-state index is 0.906. The van der Waals surface area contributed by atoms with Gasteiger partial charge in [-0.05, 0) is 20.5 Å². The number of likely N-dealkylation sites (N-methyl/N-ethyl adjacent to an activating group) is 2. The molecule has 0 aromatic heterocycles. The Morgan fingerprint density at radius 3 is 1.89 bits per heavy atom. The summed E-state index contributed by atoms with van der Waals surface area (Å²) in [7, 11) is 4.47. The largest absolute Gasteiger partial charge is 0.301 e. The third-order valence-electron chi connectivity index (χ3n) is 2.66. The van der Waals surface area contributed by atoms with Crippen LogP contribution in [0.1, 0.15) is 6.42 Å². The molecule has 1 saturated carbocycles. The van der Waals surface area contributed by atoms with Crippen molar-refractivity contribution in [2.24, 2.45) is 0 Å². The lowest BCUT2D eigenvalue weighted by Gasteiger charge is -2.28. The monoisotopic (exact) mass is 126 g/mol. The van der Waals surface area contributed by atoms with Gasteiger partial charge in [-0.2, -0.15) is 0 Å². The number of nitrogens with zero attached hydrogens (tertiary/aromatic N) is 2. The molecule has 2 rings (SSSR count). The van der Waals surface area contributed by atoms with Crippen molar-refractivity contribution in [3.05, 3.63) is 0 Å². The van der Waals surface area contributed by atoms with Crippen molar-refractivity contribution >= 4 is 0 Å². The fraction of sp³-hybridized carbons (Fsp3) is 1.00. The van der Waals surface area contributed by atoms with Gasteiger partial charge in [0.1, 0.15) is 0 Å². The summed E-state index contributed by atoms with van der Waals surface area (Å²) in [5.41, 5.74) is 0. The summed E-state index contributed by atoms with van der Waals surface area (Å²) in [4.78, 5) is 4.95. The Morgan fingerprint density at radius 1 is 1.00 bits per heavy atom. The highest BCUT2D eigenvalue weighted by Crippen LogP contribution is 2.34. The van der Waals surface area contributed by atoms with Crippen LogP contribution in [0.5, 0.6) is 0 Å². The highest BCUT2D eigenvalue weighted by atomic mass is 15.3. The summed E-state index contributed by atoms with van der Waals surface area (Å²) < 4.78 is 0. The Morgan fingerprint density at radius 2 is 1.44 bits per heavy atom. The molecule has 1 aliphatic carbocycles. The molecule has 52 valence electrons. The molecule has 1 saturated heterocycles. The van der Waals surface area contributed by atoms with Crippen LogP contribution in [0.4, 0.5) is 0 Å². The van der Waals surface area contributed by atoms with Gasteiger partial charge in [0, 0.05) is 25.2 Å². The van der Waals surface area contributed by atoms with Crippen molar-refractivity contribution in [1.82, 2.24) is 9.80 Å². The predicted molar refractivity (Wildman–Crippen MR) is 37.5 cm³/mol. The first-order valence-corrected chi connectivity index (χ1v) is 3.69. The molecule has 2 nitrogen and oxygen atoms in total. The van der Waals surface area contributed by atoms with Crippen LogP contribution in [0.3, 0.4) is 0 Å². The molecule has 0 radical (unpaired) electrons. The fourth-order valence-electron chi connectivity index (χ4n) is 1.76. The maximum absolute atomic E-state index is 2.48. The average molecular weight is 126 g/mol. The molecule has 1 heterocycles. The molecule has 0 bridgehead atoms. The standard InChI is InChI=1S/C7H14N2/c1-8-3-4-9(2)7-5-6(7)8/h6-7H,3-5H2,1-2H3/t6-,7+. The first-order valence-electron chi connectivity index (χ1n) is 3.69.